The van der Waals surface area contributed by atoms with E-state index in [-0.39, 0.29) is 5.41 Å². The van der Waals surface area contributed by atoms with E-state index in [1.807, 2.05) is 30.6 Å². The van der Waals surface area contributed by atoms with Gasteiger partial charge in [0.05, 0.1) is 5.69 Å². The molecule has 4 nitrogen and oxygen atoms in total. The molecule has 2 aliphatic rings. The number of ketones is 1. The largest absolute Gasteiger partial charge is 0.300 e. The van der Waals surface area contributed by atoms with Gasteiger partial charge in [-0.2, -0.15) is 0 Å². The maximum Gasteiger partial charge on any atom is 0.145 e. The van der Waals surface area contributed by atoms with E-state index in [4.69, 9.17) is 4.98 Å². The van der Waals surface area contributed by atoms with Crippen molar-refractivity contribution in [3.63, 3.8) is 0 Å². The molecule has 0 bridgehead atoms. The topological polar surface area (TPSA) is 47.8 Å². The van der Waals surface area contributed by atoms with Gasteiger partial charge in [0.15, 0.2) is 0 Å². The van der Waals surface area contributed by atoms with Crippen molar-refractivity contribution in [3.8, 4) is 17.1 Å². The molecule has 5 rings (SSSR count). The lowest BCUT2D eigenvalue weighted by molar-refractivity contribution is -0.123. The molecule has 1 aromatic carbocycles. The van der Waals surface area contributed by atoms with Crippen LogP contribution in [0.2, 0.25) is 0 Å². The van der Waals surface area contributed by atoms with Crippen molar-refractivity contribution < 1.29 is 4.79 Å². The van der Waals surface area contributed by atoms with E-state index in [1.165, 1.54) is 11.4 Å². The summed E-state index contributed by atoms with van der Waals surface area (Å²) in [5.74, 6) is 1.81. The Labute approximate surface area is 159 Å². The van der Waals surface area contributed by atoms with Crippen LogP contribution in [0, 0.1) is 5.92 Å². The SMILES string of the molecule is CC12CCC(=O)CC1CCc1c2nc(-c2ccncc2)n1-c1ccccc1. The van der Waals surface area contributed by atoms with Crippen molar-refractivity contribution in [2.24, 2.45) is 5.92 Å². The summed E-state index contributed by atoms with van der Waals surface area (Å²) in [5.41, 5.74) is 4.72. The van der Waals surface area contributed by atoms with Gasteiger partial charge in [0.2, 0.25) is 0 Å². The molecular formula is C23H23N3O. The quantitative estimate of drug-likeness (QED) is 0.678. The Kier molecular flexibility index (Phi) is 3.74. The van der Waals surface area contributed by atoms with E-state index in [0.29, 0.717) is 24.5 Å². The molecule has 4 heteroatoms. The minimum Gasteiger partial charge on any atom is -0.300 e. The van der Waals surface area contributed by atoms with Crippen LogP contribution in [0.25, 0.3) is 17.1 Å². The van der Waals surface area contributed by atoms with Gasteiger partial charge in [-0.15, -0.1) is 0 Å². The fraction of sp³-hybridized carbons (Fsp3) is 0.348. The van der Waals surface area contributed by atoms with Gasteiger partial charge in [-0.1, -0.05) is 25.1 Å². The molecule has 0 N–H and O–H groups in total. The summed E-state index contributed by atoms with van der Waals surface area (Å²) in [4.78, 5) is 21.4. The smallest absolute Gasteiger partial charge is 0.145 e. The summed E-state index contributed by atoms with van der Waals surface area (Å²) in [6, 6.07) is 14.5. The summed E-state index contributed by atoms with van der Waals surface area (Å²) >= 11 is 0. The minimum absolute atomic E-state index is 0.0106. The molecule has 27 heavy (non-hydrogen) atoms. The van der Waals surface area contributed by atoms with Gasteiger partial charge in [-0.3, -0.25) is 14.3 Å². The normalized spacial score (nSPS) is 24.3. The zero-order valence-corrected chi connectivity index (χ0v) is 15.6. The number of Topliss-reactive ketones (excluding diaryl/α,β-unsaturated/α-hetero) is 1. The molecule has 0 spiro atoms. The number of benzene rings is 1. The summed E-state index contributed by atoms with van der Waals surface area (Å²) < 4.78 is 2.32. The summed E-state index contributed by atoms with van der Waals surface area (Å²) in [6.07, 6.45) is 7.96. The Bertz CT molecular complexity index is 993. The van der Waals surface area contributed by atoms with Gasteiger partial charge in [-0.05, 0) is 49.4 Å². The van der Waals surface area contributed by atoms with Crippen LogP contribution >= 0.6 is 0 Å². The molecular weight excluding hydrogens is 334 g/mol. The maximum atomic E-state index is 12.1. The molecule has 0 amide bonds. The maximum absolute atomic E-state index is 12.1. The predicted octanol–water partition coefficient (Wildman–Crippen LogP) is 4.51. The number of hydrogen-bond donors (Lipinski definition) is 0. The number of fused-ring (bicyclic) bond motifs is 3. The second-order valence-electron chi connectivity index (χ2n) is 8.03. The van der Waals surface area contributed by atoms with Crippen LogP contribution < -0.4 is 0 Å². The van der Waals surface area contributed by atoms with Gasteiger partial charge < -0.3 is 0 Å². The number of imidazole rings is 1. The number of carbonyl (C=O) groups excluding carboxylic acids is 1. The van der Waals surface area contributed by atoms with Gasteiger partial charge in [0.1, 0.15) is 11.6 Å². The Morgan fingerprint density at radius 1 is 1.07 bits per heavy atom. The fourth-order valence-electron chi connectivity index (χ4n) is 4.94. The highest BCUT2D eigenvalue weighted by Crippen LogP contribution is 2.49. The van der Waals surface area contributed by atoms with Crippen molar-refractivity contribution in [3.05, 3.63) is 66.2 Å². The number of para-hydroxylation sites is 1. The lowest BCUT2D eigenvalue weighted by Crippen LogP contribution is -2.42. The Hall–Kier alpha value is -2.75. The van der Waals surface area contributed by atoms with Crippen molar-refractivity contribution in [2.75, 3.05) is 0 Å². The molecule has 2 unspecified atom stereocenters. The van der Waals surface area contributed by atoms with Crippen LogP contribution in [0.5, 0.6) is 0 Å². The second-order valence-corrected chi connectivity index (χ2v) is 8.03. The van der Waals surface area contributed by atoms with Gasteiger partial charge in [-0.25, -0.2) is 4.98 Å². The van der Waals surface area contributed by atoms with Gasteiger partial charge >= 0.3 is 0 Å². The molecule has 1 saturated carbocycles. The third-order valence-corrected chi connectivity index (χ3v) is 6.49. The zero-order chi connectivity index (χ0) is 18.4. The Morgan fingerprint density at radius 3 is 2.63 bits per heavy atom. The first-order chi connectivity index (χ1) is 13.2. The van der Waals surface area contributed by atoms with Crippen molar-refractivity contribution in [1.82, 2.24) is 14.5 Å². The highest BCUT2D eigenvalue weighted by Gasteiger charge is 2.47. The fourth-order valence-corrected chi connectivity index (χ4v) is 4.94. The average Bonchev–Trinajstić information content (AvgIpc) is 3.11. The second kappa shape index (κ2) is 6.15. The molecule has 2 aromatic heterocycles. The number of pyridine rings is 1. The van der Waals surface area contributed by atoms with Crippen LogP contribution in [-0.2, 0) is 16.6 Å². The minimum atomic E-state index is -0.0106. The average molecular weight is 357 g/mol. The third kappa shape index (κ3) is 2.54. The Morgan fingerprint density at radius 2 is 1.85 bits per heavy atom. The van der Waals surface area contributed by atoms with E-state index >= 15 is 0 Å². The third-order valence-electron chi connectivity index (χ3n) is 6.49. The molecule has 2 heterocycles. The van der Waals surface area contributed by atoms with E-state index in [0.717, 1.165) is 36.3 Å². The van der Waals surface area contributed by atoms with Crippen molar-refractivity contribution >= 4 is 5.78 Å². The van der Waals surface area contributed by atoms with Crippen molar-refractivity contribution in [1.29, 1.82) is 0 Å². The first kappa shape index (κ1) is 16.4. The molecule has 0 saturated heterocycles. The lowest BCUT2D eigenvalue weighted by Gasteiger charge is -2.43. The van der Waals surface area contributed by atoms with Crippen LogP contribution in [0.1, 0.15) is 44.0 Å². The predicted molar refractivity (Wildman–Crippen MR) is 105 cm³/mol. The number of hydrogen-bond acceptors (Lipinski definition) is 3. The summed E-state index contributed by atoms with van der Waals surface area (Å²) in [5, 5.41) is 0. The first-order valence-corrected chi connectivity index (χ1v) is 9.76. The van der Waals surface area contributed by atoms with Gasteiger partial charge in [0, 0.05) is 47.6 Å². The number of carbonyl (C=O) groups is 1. The van der Waals surface area contributed by atoms with E-state index in [2.05, 4.69) is 40.7 Å². The van der Waals surface area contributed by atoms with E-state index in [1.54, 1.807) is 0 Å². The molecule has 0 aliphatic heterocycles. The van der Waals surface area contributed by atoms with Crippen molar-refractivity contribution in [2.45, 2.75) is 44.4 Å². The van der Waals surface area contributed by atoms with E-state index < -0.39 is 0 Å². The lowest BCUT2D eigenvalue weighted by atomic mass is 9.60. The van der Waals surface area contributed by atoms with Crippen LogP contribution in [0.15, 0.2) is 54.9 Å². The standard InChI is InChI=1S/C23H23N3O/c1-23-12-9-19(27)15-17(23)7-8-20-21(23)25-22(16-10-13-24-14-11-16)26(20)18-5-3-2-4-6-18/h2-6,10-11,13-14,17H,7-9,12,15H2,1H3. The zero-order valence-electron chi connectivity index (χ0n) is 15.6. The molecule has 3 aromatic rings. The van der Waals surface area contributed by atoms with Gasteiger partial charge in [0.25, 0.3) is 0 Å². The summed E-state index contributed by atoms with van der Waals surface area (Å²) in [6.45, 7) is 2.32. The first-order valence-electron chi connectivity index (χ1n) is 9.76. The summed E-state index contributed by atoms with van der Waals surface area (Å²) in [7, 11) is 0. The molecule has 2 atom stereocenters. The molecule has 1 fully saturated rings. The van der Waals surface area contributed by atoms with Crippen LogP contribution in [0.4, 0.5) is 0 Å². The Balaban J connectivity index is 1.74. The molecule has 136 valence electrons. The van der Waals surface area contributed by atoms with E-state index in [9.17, 15) is 4.79 Å². The monoisotopic (exact) mass is 357 g/mol. The highest BCUT2D eigenvalue weighted by atomic mass is 16.1. The number of nitrogens with zero attached hydrogens (tertiary/aromatic N) is 3. The van der Waals surface area contributed by atoms with Crippen LogP contribution in [0.3, 0.4) is 0 Å². The number of aromatic nitrogens is 3. The molecule has 2 aliphatic carbocycles. The highest BCUT2D eigenvalue weighted by molar-refractivity contribution is 5.80. The van der Waals surface area contributed by atoms with Crippen LogP contribution in [-0.4, -0.2) is 20.3 Å². The molecule has 0 radical (unpaired) electrons. The number of rotatable bonds is 2.